The summed E-state index contributed by atoms with van der Waals surface area (Å²) in [4.78, 5) is 7.50. The molecule has 0 saturated carbocycles. The number of aromatic nitrogens is 2. The van der Waals surface area contributed by atoms with Crippen molar-refractivity contribution in [1.29, 1.82) is 0 Å². The quantitative estimate of drug-likeness (QED) is 0.857. The Morgan fingerprint density at radius 3 is 2.94 bits per heavy atom. The number of pyridine rings is 1. The van der Waals surface area contributed by atoms with Crippen LogP contribution in [0, 0.1) is 0 Å². The van der Waals surface area contributed by atoms with Crippen LogP contribution in [-0.2, 0) is 0 Å². The average Bonchev–Trinajstić information content (AvgIpc) is 2.94. The Bertz CT molecular complexity index is 603. The minimum Gasteiger partial charge on any atom is -0.481 e. The number of rotatable bonds is 2. The SMILES string of the molecule is COc1ccc2c(C3=C(Cl)CNC3)c[nH]c2n1. The number of aromatic amines is 1. The summed E-state index contributed by atoms with van der Waals surface area (Å²) in [5.41, 5.74) is 3.08. The highest BCUT2D eigenvalue weighted by molar-refractivity contribution is 6.33. The lowest BCUT2D eigenvalue weighted by Gasteiger charge is -2.01. The Morgan fingerprint density at radius 1 is 1.35 bits per heavy atom. The van der Waals surface area contributed by atoms with Crippen molar-refractivity contribution in [3.63, 3.8) is 0 Å². The number of halogens is 1. The number of nitrogens with zero attached hydrogens (tertiary/aromatic N) is 1. The van der Waals surface area contributed by atoms with E-state index in [1.165, 1.54) is 0 Å². The number of ether oxygens (including phenoxy) is 1. The first-order valence-corrected chi connectivity index (χ1v) is 5.78. The van der Waals surface area contributed by atoms with Gasteiger partial charge >= 0.3 is 0 Å². The molecular formula is C12H12ClN3O. The molecule has 0 fully saturated rings. The largest absolute Gasteiger partial charge is 0.481 e. The van der Waals surface area contributed by atoms with Gasteiger partial charge in [-0.15, -0.1) is 0 Å². The fraction of sp³-hybridized carbons (Fsp3) is 0.250. The molecule has 17 heavy (non-hydrogen) atoms. The molecule has 1 aliphatic heterocycles. The molecule has 2 aromatic rings. The number of fused-ring (bicyclic) bond motifs is 1. The lowest BCUT2D eigenvalue weighted by Crippen LogP contribution is -2.07. The molecule has 4 nitrogen and oxygen atoms in total. The van der Waals surface area contributed by atoms with Crippen molar-refractivity contribution in [1.82, 2.24) is 15.3 Å². The lowest BCUT2D eigenvalue weighted by molar-refractivity contribution is 0.399. The molecule has 3 rings (SSSR count). The molecule has 0 aliphatic carbocycles. The van der Waals surface area contributed by atoms with E-state index in [4.69, 9.17) is 16.3 Å². The Hall–Kier alpha value is -1.52. The van der Waals surface area contributed by atoms with E-state index in [1.807, 2.05) is 18.3 Å². The minimum atomic E-state index is 0.607. The second kappa shape index (κ2) is 4.05. The highest BCUT2D eigenvalue weighted by Gasteiger charge is 2.17. The maximum atomic E-state index is 6.19. The van der Waals surface area contributed by atoms with E-state index in [2.05, 4.69) is 15.3 Å². The van der Waals surface area contributed by atoms with E-state index >= 15 is 0 Å². The number of hydrogen-bond donors (Lipinski definition) is 2. The molecule has 0 radical (unpaired) electrons. The molecule has 2 N–H and O–H groups in total. The van der Waals surface area contributed by atoms with E-state index in [-0.39, 0.29) is 0 Å². The zero-order valence-corrected chi connectivity index (χ0v) is 10.1. The fourth-order valence-corrected chi connectivity index (χ4v) is 2.35. The molecule has 0 saturated heterocycles. The molecule has 0 atom stereocenters. The Labute approximate surface area is 104 Å². The average molecular weight is 250 g/mol. The summed E-state index contributed by atoms with van der Waals surface area (Å²) < 4.78 is 5.10. The summed E-state index contributed by atoms with van der Waals surface area (Å²) >= 11 is 6.19. The summed E-state index contributed by atoms with van der Waals surface area (Å²) in [7, 11) is 1.61. The van der Waals surface area contributed by atoms with Crippen LogP contribution in [-0.4, -0.2) is 30.2 Å². The molecular weight excluding hydrogens is 238 g/mol. The van der Waals surface area contributed by atoms with Crippen molar-refractivity contribution >= 4 is 28.2 Å². The van der Waals surface area contributed by atoms with Gasteiger partial charge in [0.05, 0.1) is 7.11 Å². The van der Waals surface area contributed by atoms with Crippen LogP contribution in [0.3, 0.4) is 0 Å². The highest BCUT2D eigenvalue weighted by atomic mass is 35.5. The van der Waals surface area contributed by atoms with E-state index in [9.17, 15) is 0 Å². The molecule has 1 aliphatic rings. The van der Waals surface area contributed by atoms with Gasteiger partial charge in [0, 0.05) is 41.3 Å². The molecule has 2 aromatic heterocycles. The molecule has 0 unspecified atom stereocenters. The topological polar surface area (TPSA) is 49.9 Å². The van der Waals surface area contributed by atoms with E-state index in [1.54, 1.807) is 7.11 Å². The summed E-state index contributed by atoms with van der Waals surface area (Å²) in [6.45, 7) is 1.55. The summed E-state index contributed by atoms with van der Waals surface area (Å²) in [5.74, 6) is 0.607. The van der Waals surface area contributed by atoms with Gasteiger partial charge < -0.3 is 15.0 Å². The van der Waals surface area contributed by atoms with Crippen LogP contribution in [0.5, 0.6) is 5.88 Å². The lowest BCUT2D eigenvalue weighted by atomic mass is 10.1. The third kappa shape index (κ3) is 1.69. The first-order valence-electron chi connectivity index (χ1n) is 5.40. The standard InChI is InChI=1S/C12H12ClN3O/c1-17-11-3-2-7-8(5-15-12(7)16-11)9-4-14-6-10(9)13/h2-3,5,14H,4,6H2,1H3,(H,15,16). The molecule has 0 spiro atoms. The molecule has 0 bridgehead atoms. The van der Waals surface area contributed by atoms with E-state index in [0.29, 0.717) is 5.88 Å². The summed E-state index contributed by atoms with van der Waals surface area (Å²) in [6, 6.07) is 3.86. The second-order valence-corrected chi connectivity index (χ2v) is 4.40. The zero-order valence-electron chi connectivity index (χ0n) is 9.38. The molecule has 88 valence electrons. The van der Waals surface area contributed by atoms with E-state index in [0.717, 1.165) is 40.3 Å². The third-order valence-corrected chi connectivity index (χ3v) is 3.32. The van der Waals surface area contributed by atoms with Gasteiger partial charge in [-0.1, -0.05) is 11.6 Å². The van der Waals surface area contributed by atoms with Crippen LogP contribution >= 0.6 is 11.6 Å². The predicted octanol–water partition coefficient (Wildman–Crippen LogP) is 2.12. The molecule has 0 amide bonds. The molecule has 0 aromatic carbocycles. The van der Waals surface area contributed by atoms with Gasteiger partial charge in [0.1, 0.15) is 5.65 Å². The first kappa shape index (κ1) is 10.6. The first-order chi connectivity index (χ1) is 8.29. The van der Waals surface area contributed by atoms with Crippen LogP contribution in [0.25, 0.3) is 16.6 Å². The molecule has 3 heterocycles. The van der Waals surface area contributed by atoms with Gasteiger partial charge in [0.25, 0.3) is 0 Å². The number of nitrogens with one attached hydrogen (secondary N) is 2. The summed E-state index contributed by atoms with van der Waals surface area (Å²) in [6.07, 6.45) is 1.95. The van der Waals surface area contributed by atoms with Crippen molar-refractivity contribution in [2.24, 2.45) is 0 Å². The summed E-state index contributed by atoms with van der Waals surface area (Å²) in [5, 5.41) is 5.18. The van der Waals surface area contributed by atoms with Gasteiger partial charge in [-0.2, -0.15) is 4.98 Å². The smallest absolute Gasteiger partial charge is 0.214 e. The van der Waals surface area contributed by atoms with Crippen LogP contribution in [0.4, 0.5) is 0 Å². The van der Waals surface area contributed by atoms with Crippen molar-refractivity contribution in [2.75, 3.05) is 20.2 Å². The fourth-order valence-electron chi connectivity index (χ4n) is 2.09. The van der Waals surface area contributed by atoms with Gasteiger partial charge in [0.2, 0.25) is 5.88 Å². The minimum absolute atomic E-state index is 0.607. The predicted molar refractivity (Wildman–Crippen MR) is 68.3 cm³/mol. The van der Waals surface area contributed by atoms with Gasteiger partial charge in [0.15, 0.2) is 0 Å². The maximum absolute atomic E-state index is 6.19. The van der Waals surface area contributed by atoms with Crippen LogP contribution in [0.1, 0.15) is 5.56 Å². The Morgan fingerprint density at radius 2 is 2.24 bits per heavy atom. The normalized spacial score (nSPS) is 15.9. The van der Waals surface area contributed by atoms with Crippen molar-refractivity contribution in [3.8, 4) is 5.88 Å². The van der Waals surface area contributed by atoms with Gasteiger partial charge in [-0.3, -0.25) is 0 Å². The Kier molecular flexibility index (Phi) is 2.53. The van der Waals surface area contributed by atoms with Crippen molar-refractivity contribution in [2.45, 2.75) is 0 Å². The highest BCUT2D eigenvalue weighted by Crippen LogP contribution is 2.30. The van der Waals surface area contributed by atoms with Gasteiger partial charge in [-0.05, 0) is 11.6 Å². The monoisotopic (exact) mass is 249 g/mol. The number of methoxy groups -OCH3 is 1. The Balaban J connectivity index is 2.16. The third-order valence-electron chi connectivity index (χ3n) is 2.96. The number of hydrogen-bond acceptors (Lipinski definition) is 3. The van der Waals surface area contributed by atoms with Crippen LogP contribution < -0.4 is 10.1 Å². The van der Waals surface area contributed by atoms with Crippen molar-refractivity contribution < 1.29 is 4.74 Å². The number of H-pyrrole nitrogens is 1. The van der Waals surface area contributed by atoms with Crippen LogP contribution in [0.15, 0.2) is 23.4 Å². The zero-order chi connectivity index (χ0) is 11.8. The van der Waals surface area contributed by atoms with Gasteiger partial charge in [-0.25, -0.2) is 0 Å². The van der Waals surface area contributed by atoms with E-state index < -0.39 is 0 Å². The second-order valence-electron chi connectivity index (χ2n) is 3.94. The van der Waals surface area contributed by atoms with Crippen LogP contribution in [0.2, 0.25) is 0 Å². The maximum Gasteiger partial charge on any atom is 0.214 e. The molecule has 5 heteroatoms. The van der Waals surface area contributed by atoms with Crippen molar-refractivity contribution in [3.05, 3.63) is 28.9 Å².